The van der Waals surface area contributed by atoms with E-state index in [1.54, 1.807) is 0 Å². The average Bonchev–Trinajstić information content (AvgIpc) is 3.24. The van der Waals surface area contributed by atoms with E-state index in [4.69, 9.17) is 14.6 Å². The number of ketones is 2. The highest BCUT2D eigenvalue weighted by atomic mass is 32.2. The number of carboxylic acids is 2. The molecule has 328 valence electrons. The monoisotopic (exact) mass is 922 g/mol. The average molecular weight is 923 g/mol. The fourth-order valence-electron chi connectivity index (χ4n) is 6.14. The predicted molar refractivity (Wildman–Crippen MR) is 230 cm³/mol. The van der Waals surface area contributed by atoms with Gasteiger partial charge in [0.25, 0.3) is 32.1 Å². The van der Waals surface area contributed by atoms with E-state index >= 15 is 0 Å². The summed E-state index contributed by atoms with van der Waals surface area (Å²) in [5, 5.41) is 30.6. The molecule has 2 aliphatic carbocycles. The van der Waals surface area contributed by atoms with E-state index in [1.165, 1.54) is 72.8 Å². The number of carboxylic acid groups (broad SMARTS) is 2. The fraction of sp³-hybridized carbons (Fsp3) is 0. The van der Waals surface area contributed by atoms with Gasteiger partial charge in [-0.1, -0.05) is 0 Å². The van der Waals surface area contributed by atoms with Crippen molar-refractivity contribution in [2.75, 3.05) is 21.5 Å². The highest BCUT2D eigenvalue weighted by molar-refractivity contribution is 7.91. The molecular formula is C41H26N6O16S2. The standard InChI is InChI=1S/C41H26N6O16S2/c48-27-17-30(38(51)42-25-9-11-28-21(13-25)15-32(64(57,58)59)34(36(28)49)46-44-23-5-1-19(2-6-23)40(53)54)63-31(18-27)39(52)43-26-10-12-29-22(14-26)16-33(65(60,61)62)35(37(29)50)47-45-24-7-3-20(4-8-24)41(55)56/h1-18,44-45H,(H,42,51)(H,43,52)(H,53,54)(H,55,56)(H,57,58,59)(H,60,61,62)/b46-34-,47-35-. The number of hydrazone groups is 2. The zero-order valence-electron chi connectivity index (χ0n) is 32.3. The maximum absolute atomic E-state index is 13.4. The number of amides is 2. The normalized spacial score (nSPS) is 14.7. The van der Waals surface area contributed by atoms with Gasteiger partial charge in [0, 0.05) is 34.6 Å². The number of anilines is 4. The lowest BCUT2D eigenvalue weighted by atomic mass is 9.94. The van der Waals surface area contributed by atoms with Crippen LogP contribution in [0.2, 0.25) is 0 Å². The van der Waals surface area contributed by atoms with Crippen molar-refractivity contribution in [2.24, 2.45) is 10.2 Å². The van der Waals surface area contributed by atoms with Crippen molar-refractivity contribution in [3.63, 3.8) is 0 Å². The fourth-order valence-corrected chi connectivity index (χ4v) is 7.46. The van der Waals surface area contributed by atoms with Crippen LogP contribution in [0.15, 0.2) is 126 Å². The van der Waals surface area contributed by atoms with Gasteiger partial charge in [0.15, 0.2) is 28.4 Å². The Hall–Kier alpha value is -8.71. The van der Waals surface area contributed by atoms with Gasteiger partial charge >= 0.3 is 11.9 Å². The summed E-state index contributed by atoms with van der Waals surface area (Å²) in [4.78, 5) is 86.4. The highest BCUT2D eigenvalue weighted by Crippen LogP contribution is 2.30. The zero-order chi connectivity index (χ0) is 47.0. The van der Waals surface area contributed by atoms with Crippen molar-refractivity contribution < 1.29 is 69.3 Å². The molecule has 0 atom stereocenters. The Morgan fingerprint density at radius 1 is 0.508 bits per heavy atom. The van der Waals surface area contributed by atoms with Gasteiger partial charge in [-0.2, -0.15) is 27.0 Å². The first-order valence-electron chi connectivity index (χ1n) is 18.0. The van der Waals surface area contributed by atoms with Crippen molar-refractivity contribution in [1.29, 1.82) is 0 Å². The molecule has 1 heterocycles. The van der Waals surface area contributed by atoms with E-state index in [1.807, 2.05) is 0 Å². The third kappa shape index (κ3) is 9.69. The quantitative estimate of drug-likeness (QED) is 0.0637. The summed E-state index contributed by atoms with van der Waals surface area (Å²) in [7, 11) is -10.2. The molecule has 5 aromatic rings. The molecule has 7 rings (SSSR count). The van der Waals surface area contributed by atoms with Crippen molar-refractivity contribution in [3.8, 4) is 0 Å². The van der Waals surface area contributed by atoms with Crippen LogP contribution in [0.4, 0.5) is 22.7 Å². The van der Waals surface area contributed by atoms with E-state index in [2.05, 4.69) is 31.7 Å². The minimum Gasteiger partial charge on any atom is -0.478 e. The van der Waals surface area contributed by atoms with E-state index in [-0.39, 0.29) is 56.1 Å². The first-order chi connectivity index (χ1) is 30.7. The third-order valence-electron chi connectivity index (χ3n) is 9.21. The van der Waals surface area contributed by atoms with E-state index in [0.717, 1.165) is 36.4 Å². The molecule has 1 aromatic heterocycles. The van der Waals surface area contributed by atoms with Crippen LogP contribution >= 0.6 is 0 Å². The number of Topliss-reactive ketones (excluding diaryl/α,β-unsaturated/α-hetero) is 2. The van der Waals surface area contributed by atoms with Gasteiger partial charge in [0.2, 0.25) is 11.6 Å². The number of carbonyl (C=O) groups excluding carboxylic acids is 4. The third-order valence-corrected chi connectivity index (χ3v) is 10.9. The minimum atomic E-state index is -5.08. The van der Waals surface area contributed by atoms with Crippen LogP contribution in [-0.4, -0.2) is 82.9 Å². The molecule has 4 aromatic carbocycles. The van der Waals surface area contributed by atoms with Crippen molar-refractivity contribution in [1.82, 2.24) is 0 Å². The Morgan fingerprint density at radius 3 is 1.20 bits per heavy atom. The summed E-state index contributed by atoms with van der Waals surface area (Å²) in [6.07, 6.45) is 1.82. The number of hydrogen-bond acceptors (Lipinski definition) is 16. The van der Waals surface area contributed by atoms with Gasteiger partial charge in [0.05, 0.1) is 22.5 Å². The molecule has 8 N–H and O–H groups in total. The summed E-state index contributed by atoms with van der Waals surface area (Å²) in [6, 6.07) is 18.8. The van der Waals surface area contributed by atoms with E-state index < -0.39 is 93.7 Å². The smallest absolute Gasteiger partial charge is 0.335 e. The second kappa shape index (κ2) is 17.2. The summed E-state index contributed by atoms with van der Waals surface area (Å²) in [6.45, 7) is 0. The van der Waals surface area contributed by atoms with E-state index in [0.29, 0.717) is 0 Å². The predicted octanol–water partition coefficient (Wildman–Crippen LogP) is 4.33. The molecule has 24 heteroatoms. The first-order valence-corrected chi connectivity index (χ1v) is 20.9. The second-order valence-electron chi connectivity index (χ2n) is 13.6. The maximum atomic E-state index is 13.4. The summed E-state index contributed by atoms with van der Waals surface area (Å²) < 4.78 is 74.7. The number of hydrogen-bond donors (Lipinski definition) is 8. The Bertz CT molecular complexity index is 3140. The van der Waals surface area contributed by atoms with Crippen molar-refractivity contribution in [2.45, 2.75) is 0 Å². The lowest BCUT2D eigenvalue weighted by Crippen LogP contribution is -2.27. The molecule has 0 saturated heterocycles. The lowest BCUT2D eigenvalue weighted by molar-refractivity contribution is 0.0686. The molecule has 0 aliphatic heterocycles. The maximum Gasteiger partial charge on any atom is 0.335 e. The molecule has 65 heavy (non-hydrogen) atoms. The highest BCUT2D eigenvalue weighted by Gasteiger charge is 2.35. The van der Waals surface area contributed by atoms with Crippen LogP contribution in [0.1, 0.15) is 73.7 Å². The molecule has 0 saturated carbocycles. The molecule has 2 aliphatic rings. The van der Waals surface area contributed by atoms with Gasteiger partial charge in [0.1, 0.15) is 9.81 Å². The lowest BCUT2D eigenvalue weighted by Gasteiger charge is -2.17. The van der Waals surface area contributed by atoms with Gasteiger partial charge in [-0.05, 0) is 108 Å². The van der Waals surface area contributed by atoms with Crippen LogP contribution in [0, 0.1) is 0 Å². The Morgan fingerprint density at radius 2 is 0.862 bits per heavy atom. The van der Waals surface area contributed by atoms with Crippen LogP contribution in [0.25, 0.3) is 12.2 Å². The molecule has 0 radical (unpaired) electrons. The summed E-state index contributed by atoms with van der Waals surface area (Å²) in [5.74, 6) is -7.85. The minimum absolute atomic E-state index is 0.0556. The number of fused-ring (bicyclic) bond motifs is 2. The number of nitrogens with one attached hydrogen (secondary N) is 4. The van der Waals surface area contributed by atoms with Crippen LogP contribution in [-0.2, 0) is 20.2 Å². The molecular weight excluding hydrogens is 897 g/mol. The van der Waals surface area contributed by atoms with Gasteiger partial charge in [-0.15, -0.1) is 0 Å². The number of aromatic carboxylic acids is 2. The van der Waals surface area contributed by atoms with Crippen LogP contribution < -0.4 is 26.9 Å². The molecule has 0 fully saturated rings. The molecule has 0 spiro atoms. The van der Waals surface area contributed by atoms with Crippen molar-refractivity contribution >= 4 is 102 Å². The van der Waals surface area contributed by atoms with Gasteiger partial charge < -0.3 is 25.3 Å². The van der Waals surface area contributed by atoms with E-state index in [9.17, 15) is 59.5 Å². The van der Waals surface area contributed by atoms with Crippen LogP contribution in [0.5, 0.6) is 0 Å². The SMILES string of the molecule is O=C(O)c1ccc(N/N=C2\C(=O)c3ccc(NC(=O)c4cc(=O)cc(C(=O)Nc5ccc6c(c5)C=C(S(=O)(=O)O)/C(=N/Nc5ccc(C(=O)O)cc5)C6=O)o4)cc3C=C2S(=O)(=O)O)cc1. The second-order valence-corrected chi connectivity index (χ2v) is 16.3. The largest absolute Gasteiger partial charge is 0.478 e. The summed E-state index contributed by atoms with van der Waals surface area (Å²) in [5.41, 5.74) is 2.31. The van der Waals surface area contributed by atoms with Gasteiger partial charge in [-0.25, -0.2) is 9.59 Å². The van der Waals surface area contributed by atoms with Crippen LogP contribution in [0.3, 0.4) is 0 Å². The molecule has 0 unspecified atom stereocenters. The number of nitrogens with zero attached hydrogens (tertiary/aromatic N) is 2. The number of benzene rings is 4. The summed E-state index contributed by atoms with van der Waals surface area (Å²) >= 11 is 0. The Kier molecular flexibility index (Phi) is 11.7. The number of carbonyl (C=O) groups is 6. The Balaban J connectivity index is 1.08. The molecule has 0 bridgehead atoms. The number of allylic oxidation sites excluding steroid dienone is 2. The Labute approximate surface area is 363 Å². The first kappa shape index (κ1) is 44.3. The topological polar surface area (TPSA) is 355 Å². The molecule has 2 amide bonds. The van der Waals surface area contributed by atoms with Crippen molar-refractivity contribution in [3.05, 3.63) is 162 Å². The number of rotatable bonds is 12. The molecule has 22 nitrogen and oxygen atoms in total. The zero-order valence-corrected chi connectivity index (χ0v) is 33.9. The van der Waals surface area contributed by atoms with Gasteiger partial charge in [-0.3, -0.25) is 43.9 Å².